The summed E-state index contributed by atoms with van der Waals surface area (Å²) in [4.78, 5) is 12.2. The van der Waals surface area contributed by atoms with Crippen LogP contribution >= 0.6 is 35.0 Å². The fourth-order valence-corrected chi connectivity index (χ4v) is 2.85. The van der Waals surface area contributed by atoms with Crippen LogP contribution in [0.1, 0.15) is 10.4 Å². The zero-order chi connectivity index (χ0) is 16.3. The van der Waals surface area contributed by atoms with Crippen LogP contribution in [0.2, 0.25) is 10.0 Å². The van der Waals surface area contributed by atoms with E-state index in [4.69, 9.17) is 23.2 Å². The van der Waals surface area contributed by atoms with Crippen molar-refractivity contribution in [3.63, 3.8) is 0 Å². The predicted octanol–water partition coefficient (Wildman–Crippen LogP) is 5.70. The van der Waals surface area contributed by atoms with E-state index in [9.17, 15) is 18.0 Å². The Bertz CT molecular complexity index is 712. The molecule has 0 radical (unpaired) electrons. The molecule has 0 bridgehead atoms. The first-order valence-corrected chi connectivity index (χ1v) is 7.51. The minimum Gasteiger partial charge on any atom is -0.321 e. The van der Waals surface area contributed by atoms with Gasteiger partial charge in [-0.15, -0.1) is 0 Å². The maximum absolute atomic E-state index is 13.0. The zero-order valence-corrected chi connectivity index (χ0v) is 13.1. The number of nitrogens with one attached hydrogen (secondary N) is 1. The van der Waals surface area contributed by atoms with Crippen LogP contribution in [0.25, 0.3) is 0 Å². The first-order chi connectivity index (χ1) is 10.4. The van der Waals surface area contributed by atoms with E-state index in [2.05, 4.69) is 5.32 Å². The van der Waals surface area contributed by atoms with Gasteiger partial charge in [0.2, 0.25) is 0 Å². The van der Waals surface area contributed by atoms with Crippen LogP contribution in [0.3, 0.4) is 0 Å². The molecule has 22 heavy (non-hydrogen) atoms. The zero-order valence-electron chi connectivity index (χ0n) is 10.7. The molecule has 0 fully saturated rings. The second-order valence-corrected chi connectivity index (χ2v) is 5.89. The van der Waals surface area contributed by atoms with E-state index in [-0.39, 0.29) is 38.0 Å². The molecule has 2 aromatic rings. The fourth-order valence-electron chi connectivity index (χ4n) is 1.68. The SMILES string of the molecule is O=C(Nc1cccc(Cl)c1SC(F)F)c1ccc(F)cc1Cl. The fraction of sp³-hybridized carbons (Fsp3) is 0.0714. The number of anilines is 1. The Balaban J connectivity index is 2.30. The average Bonchev–Trinajstić information content (AvgIpc) is 2.42. The Morgan fingerprint density at radius 1 is 1.14 bits per heavy atom. The smallest absolute Gasteiger partial charge is 0.289 e. The van der Waals surface area contributed by atoms with Crippen molar-refractivity contribution in [2.45, 2.75) is 10.7 Å². The molecule has 2 rings (SSSR count). The van der Waals surface area contributed by atoms with E-state index in [0.717, 1.165) is 12.1 Å². The standard InChI is InChI=1S/C14H8Cl2F3NOS/c15-9-2-1-3-11(12(9)22-14(18)19)20-13(21)8-5-4-7(17)6-10(8)16/h1-6,14H,(H,20,21). The van der Waals surface area contributed by atoms with Gasteiger partial charge in [0.05, 0.1) is 26.2 Å². The van der Waals surface area contributed by atoms with Crippen molar-refractivity contribution >= 4 is 46.6 Å². The van der Waals surface area contributed by atoms with Crippen LogP contribution in [0.4, 0.5) is 18.9 Å². The maximum Gasteiger partial charge on any atom is 0.289 e. The molecule has 2 nitrogen and oxygen atoms in total. The van der Waals surface area contributed by atoms with Crippen molar-refractivity contribution in [1.29, 1.82) is 0 Å². The summed E-state index contributed by atoms with van der Waals surface area (Å²) in [5.74, 6) is -3.92. The number of thioether (sulfide) groups is 1. The molecule has 0 spiro atoms. The van der Waals surface area contributed by atoms with Gasteiger partial charge in [0.1, 0.15) is 5.82 Å². The number of carbonyl (C=O) groups excluding carboxylic acids is 1. The van der Waals surface area contributed by atoms with Crippen LogP contribution in [-0.4, -0.2) is 11.7 Å². The maximum atomic E-state index is 13.0. The van der Waals surface area contributed by atoms with Gasteiger partial charge in [-0.3, -0.25) is 4.79 Å². The van der Waals surface area contributed by atoms with Gasteiger partial charge in [-0.1, -0.05) is 41.0 Å². The lowest BCUT2D eigenvalue weighted by atomic mass is 10.2. The number of rotatable bonds is 4. The molecule has 1 N–H and O–H groups in total. The number of alkyl halides is 2. The van der Waals surface area contributed by atoms with Crippen LogP contribution < -0.4 is 5.32 Å². The monoisotopic (exact) mass is 365 g/mol. The third-order valence-electron chi connectivity index (χ3n) is 2.60. The van der Waals surface area contributed by atoms with Crippen molar-refractivity contribution in [3.05, 3.63) is 57.8 Å². The molecule has 8 heteroatoms. The quantitative estimate of drug-likeness (QED) is 0.704. The Morgan fingerprint density at radius 2 is 1.86 bits per heavy atom. The van der Waals surface area contributed by atoms with E-state index >= 15 is 0 Å². The van der Waals surface area contributed by atoms with E-state index in [0.29, 0.717) is 0 Å². The molecule has 0 saturated heterocycles. The van der Waals surface area contributed by atoms with Crippen LogP contribution in [-0.2, 0) is 0 Å². The molecule has 0 aliphatic carbocycles. The van der Waals surface area contributed by atoms with Crippen molar-refractivity contribution in [3.8, 4) is 0 Å². The second-order valence-electron chi connectivity index (χ2n) is 4.07. The first kappa shape index (κ1) is 17.0. The molecule has 116 valence electrons. The van der Waals surface area contributed by atoms with Gasteiger partial charge in [-0.05, 0) is 30.3 Å². The lowest BCUT2D eigenvalue weighted by Crippen LogP contribution is -2.13. The molecule has 1 amide bonds. The predicted molar refractivity (Wildman–Crippen MR) is 82.7 cm³/mol. The van der Waals surface area contributed by atoms with Crippen molar-refractivity contribution in [2.75, 3.05) is 5.32 Å². The number of halogens is 5. The molecule has 0 heterocycles. The number of benzene rings is 2. The molecule has 0 unspecified atom stereocenters. The number of hydrogen-bond donors (Lipinski definition) is 1. The third-order valence-corrected chi connectivity index (χ3v) is 4.19. The molecular weight excluding hydrogens is 358 g/mol. The number of carbonyl (C=O) groups is 1. The largest absolute Gasteiger partial charge is 0.321 e. The highest BCUT2D eigenvalue weighted by Crippen LogP contribution is 2.37. The molecule has 0 aliphatic rings. The van der Waals surface area contributed by atoms with Gasteiger partial charge in [0, 0.05) is 0 Å². The van der Waals surface area contributed by atoms with Crippen molar-refractivity contribution < 1.29 is 18.0 Å². The van der Waals surface area contributed by atoms with E-state index in [1.165, 1.54) is 24.3 Å². The normalized spacial score (nSPS) is 10.8. The summed E-state index contributed by atoms with van der Waals surface area (Å²) in [5, 5.41) is 2.46. The Morgan fingerprint density at radius 3 is 2.50 bits per heavy atom. The minimum atomic E-state index is -2.69. The van der Waals surface area contributed by atoms with Gasteiger partial charge in [-0.25, -0.2) is 4.39 Å². The van der Waals surface area contributed by atoms with Gasteiger partial charge in [0.15, 0.2) is 0 Å². The van der Waals surface area contributed by atoms with Crippen LogP contribution in [0.5, 0.6) is 0 Å². The Kier molecular flexibility index (Phi) is 5.61. The highest BCUT2D eigenvalue weighted by molar-refractivity contribution is 7.99. The Labute approximate surface area is 138 Å². The van der Waals surface area contributed by atoms with Crippen LogP contribution in [0.15, 0.2) is 41.3 Å². The molecule has 2 aromatic carbocycles. The van der Waals surface area contributed by atoms with Gasteiger partial charge >= 0.3 is 0 Å². The topological polar surface area (TPSA) is 29.1 Å². The third kappa shape index (κ3) is 4.09. The average molecular weight is 366 g/mol. The van der Waals surface area contributed by atoms with E-state index in [1.54, 1.807) is 0 Å². The van der Waals surface area contributed by atoms with E-state index < -0.39 is 17.5 Å². The minimum absolute atomic E-state index is 0.0241. The molecule has 0 saturated carbocycles. The van der Waals surface area contributed by atoms with Crippen LogP contribution in [0, 0.1) is 5.82 Å². The summed E-state index contributed by atoms with van der Waals surface area (Å²) < 4.78 is 38.1. The number of hydrogen-bond acceptors (Lipinski definition) is 2. The lowest BCUT2D eigenvalue weighted by molar-refractivity contribution is 0.102. The number of amides is 1. The summed E-state index contributed by atoms with van der Waals surface area (Å²) >= 11 is 11.9. The van der Waals surface area contributed by atoms with Crippen molar-refractivity contribution in [2.24, 2.45) is 0 Å². The lowest BCUT2D eigenvalue weighted by Gasteiger charge is -2.12. The summed E-state index contributed by atoms with van der Waals surface area (Å²) in [5.41, 5.74) is 0.152. The summed E-state index contributed by atoms with van der Waals surface area (Å²) in [6.07, 6.45) is 0. The Hall–Kier alpha value is -1.37. The van der Waals surface area contributed by atoms with Crippen molar-refractivity contribution in [1.82, 2.24) is 0 Å². The molecule has 0 atom stereocenters. The summed E-state index contributed by atoms with van der Waals surface area (Å²) in [6, 6.07) is 7.66. The molecule has 0 aliphatic heterocycles. The van der Waals surface area contributed by atoms with Gasteiger partial charge in [-0.2, -0.15) is 8.78 Å². The van der Waals surface area contributed by atoms with Gasteiger partial charge in [0.25, 0.3) is 11.7 Å². The van der Waals surface area contributed by atoms with Gasteiger partial charge < -0.3 is 5.32 Å². The first-order valence-electron chi connectivity index (χ1n) is 5.88. The summed E-state index contributed by atoms with van der Waals surface area (Å²) in [7, 11) is 0. The molecular formula is C14H8Cl2F3NOS. The van der Waals surface area contributed by atoms with E-state index in [1.807, 2.05) is 0 Å². The molecule has 0 aromatic heterocycles. The second kappa shape index (κ2) is 7.26. The summed E-state index contributed by atoms with van der Waals surface area (Å²) in [6.45, 7) is 0. The highest BCUT2D eigenvalue weighted by atomic mass is 35.5. The highest BCUT2D eigenvalue weighted by Gasteiger charge is 2.17.